The molecule has 0 bridgehead atoms. The molecule has 5 nitrogen and oxygen atoms in total. The Kier molecular flexibility index (Phi) is 5.76. The number of benzene rings is 2. The molecule has 0 saturated carbocycles. The van der Waals surface area contributed by atoms with Crippen molar-refractivity contribution in [3.05, 3.63) is 93.0 Å². The number of aromatic nitrogens is 2. The van der Waals surface area contributed by atoms with Crippen LogP contribution in [-0.4, -0.2) is 23.0 Å². The zero-order valence-corrected chi connectivity index (χ0v) is 16.2. The first-order valence-corrected chi connectivity index (χ1v) is 9.35. The van der Waals surface area contributed by atoms with Crippen LogP contribution in [0.4, 0.5) is 0 Å². The molecule has 0 aliphatic carbocycles. The number of hydrogen-bond donors (Lipinski definition) is 1. The van der Waals surface area contributed by atoms with Crippen molar-refractivity contribution in [1.29, 1.82) is 0 Å². The Morgan fingerprint density at radius 3 is 2.41 bits per heavy atom. The summed E-state index contributed by atoms with van der Waals surface area (Å²) >= 11 is 1.38. The van der Waals surface area contributed by atoms with E-state index in [1.165, 1.54) is 18.9 Å². The molecule has 0 radical (unpaired) electrons. The summed E-state index contributed by atoms with van der Waals surface area (Å²) in [5.74, 6) is -0.518. The summed E-state index contributed by atoms with van der Waals surface area (Å²) < 4.78 is 4.90. The highest BCUT2D eigenvalue weighted by Crippen LogP contribution is 2.42. The maximum absolute atomic E-state index is 12.3. The first kappa shape index (κ1) is 18.9. The lowest BCUT2D eigenvalue weighted by Gasteiger charge is -2.20. The summed E-state index contributed by atoms with van der Waals surface area (Å²) in [6.45, 7) is 3.72. The van der Waals surface area contributed by atoms with Crippen LogP contribution in [0.25, 0.3) is 0 Å². The summed E-state index contributed by atoms with van der Waals surface area (Å²) in [6, 6.07) is 18.0. The highest BCUT2D eigenvalue weighted by atomic mass is 32.2. The van der Waals surface area contributed by atoms with E-state index in [9.17, 15) is 9.59 Å². The topological polar surface area (TPSA) is 72.0 Å². The Morgan fingerprint density at radius 2 is 1.74 bits per heavy atom. The molecule has 3 aromatic rings. The van der Waals surface area contributed by atoms with Crippen LogP contribution >= 0.6 is 11.8 Å². The lowest BCUT2D eigenvalue weighted by atomic mass is 10.0. The van der Waals surface area contributed by atoms with E-state index in [-0.39, 0.29) is 10.8 Å². The van der Waals surface area contributed by atoms with Crippen molar-refractivity contribution in [3.63, 3.8) is 0 Å². The summed E-state index contributed by atoms with van der Waals surface area (Å²) in [7, 11) is 1.32. The fourth-order valence-corrected chi connectivity index (χ4v) is 4.32. The van der Waals surface area contributed by atoms with Gasteiger partial charge in [-0.25, -0.2) is 9.59 Å². The van der Waals surface area contributed by atoms with Gasteiger partial charge >= 0.3 is 11.7 Å². The first-order chi connectivity index (χ1) is 13.0. The van der Waals surface area contributed by atoms with Gasteiger partial charge in [0.05, 0.1) is 12.4 Å². The molecule has 0 aliphatic heterocycles. The second-order valence-corrected chi connectivity index (χ2v) is 7.20. The first-order valence-electron chi connectivity index (χ1n) is 8.47. The van der Waals surface area contributed by atoms with Crippen molar-refractivity contribution in [2.75, 3.05) is 7.11 Å². The number of ether oxygens (including phenoxy) is 1. The second kappa shape index (κ2) is 8.22. The van der Waals surface area contributed by atoms with Crippen LogP contribution in [0.15, 0.2) is 64.4 Å². The van der Waals surface area contributed by atoms with Gasteiger partial charge in [0.1, 0.15) is 10.6 Å². The minimum Gasteiger partial charge on any atom is -0.465 e. The molecule has 1 heterocycles. The average molecular weight is 380 g/mol. The van der Waals surface area contributed by atoms with Crippen molar-refractivity contribution in [3.8, 4) is 0 Å². The third-order valence-corrected chi connectivity index (χ3v) is 5.56. The van der Waals surface area contributed by atoms with Crippen LogP contribution in [0.3, 0.4) is 0 Å². The predicted octanol–water partition coefficient (Wildman–Crippen LogP) is 4.06. The van der Waals surface area contributed by atoms with E-state index in [0.717, 1.165) is 16.7 Å². The fraction of sp³-hybridized carbons (Fsp3) is 0.190. The normalized spacial score (nSPS) is 11.8. The van der Waals surface area contributed by atoms with Gasteiger partial charge < -0.3 is 9.72 Å². The number of nitrogens with zero attached hydrogens (tertiary/aromatic N) is 1. The van der Waals surface area contributed by atoms with Crippen molar-refractivity contribution >= 4 is 17.7 Å². The van der Waals surface area contributed by atoms with Gasteiger partial charge in [0.25, 0.3) is 0 Å². The van der Waals surface area contributed by atoms with E-state index in [0.29, 0.717) is 10.7 Å². The minimum atomic E-state index is -0.518. The Balaban J connectivity index is 2.15. The molecular weight excluding hydrogens is 360 g/mol. The number of hydrogen-bond acceptors (Lipinski definition) is 5. The van der Waals surface area contributed by atoms with Crippen LogP contribution in [-0.2, 0) is 4.74 Å². The van der Waals surface area contributed by atoms with Crippen LogP contribution in [0, 0.1) is 13.8 Å². The standard InChI is InChI=1S/C21H20N2O3S/c1-13-9-7-8-12-16(13)18(15-10-5-4-6-11-15)27-19-17(20(24)26-3)14(2)22-21(25)23-19/h4-12,18H,1-3H3,(H,22,23,25). The van der Waals surface area contributed by atoms with Gasteiger partial charge in [0, 0.05) is 5.69 Å². The number of rotatable bonds is 5. The molecule has 0 saturated heterocycles. The largest absolute Gasteiger partial charge is 0.465 e. The SMILES string of the molecule is COC(=O)c1c(SC(c2ccccc2)c2ccccc2C)nc(=O)[nH]c1C. The molecule has 0 amide bonds. The van der Waals surface area contributed by atoms with E-state index in [1.807, 2.05) is 55.5 Å². The Labute approximate surface area is 161 Å². The molecule has 1 atom stereocenters. The lowest BCUT2D eigenvalue weighted by molar-refractivity contribution is 0.0594. The molecule has 138 valence electrons. The minimum absolute atomic E-state index is 0.121. The second-order valence-electron chi connectivity index (χ2n) is 6.10. The van der Waals surface area contributed by atoms with Gasteiger partial charge in [-0.3, -0.25) is 0 Å². The molecule has 3 rings (SSSR count). The number of carbonyl (C=O) groups excluding carboxylic acids is 1. The number of aromatic amines is 1. The molecule has 2 aromatic carbocycles. The van der Waals surface area contributed by atoms with E-state index in [1.54, 1.807) is 6.92 Å². The third-order valence-electron chi connectivity index (χ3n) is 4.28. The van der Waals surface area contributed by atoms with Gasteiger partial charge in [0.15, 0.2) is 0 Å². The van der Waals surface area contributed by atoms with E-state index >= 15 is 0 Å². The van der Waals surface area contributed by atoms with E-state index in [4.69, 9.17) is 4.74 Å². The maximum Gasteiger partial charge on any atom is 0.346 e. The number of methoxy groups -OCH3 is 1. The van der Waals surface area contributed by atoms with E-state index in [2.05, 4.69) is 16.0 Å². The number of nitrogens with one attached hydrogen (secondary N) is 1. The fourth-order valence-electron chi connectivity index (χ4n) is 2.92. The molecule has 1 aromatic heterocycles. The number of aryl methyl sites for hydroxylation is 2. The third kappa shape index (κ3) is 4.11. The molecule has 6 heteroatoms. The molecular formula is C21H20N2O3S. The molecule has 1 unspecified atom stereocenters. The molecule has 1 N–H and O–H groups in total. The monoisotopic (exact) mass is 380 g/mol. The summed E-state index contributed by atoms with van der Waals surface area (Å²) in [6.07, 6.45) is 0. The van der Waals surface area contributed by atoms with Gasteiger partial charge in [-0.15, -0.1) is 0 Å². The average Bonchev–Trinajstić information content (AvgIpc) is 2.66. The van der Waals surface area contributed by atoms with Crippen LogP contribution in [0.5, 0.6) is 0 Å². The number of esters is 1. The summed E-state index contributed by atoms with van der Waals surface area (Å²) in [5.41, 5.74) is 3.54. The van der Waals surface area contributed by atoms with Gasteiger partial charge in [-0.2, -0.15) is 4.98 Å². The molecule has 27 heavy (non-hydrogen) atoms. The van der Waals surface area contributed by atoms with Crippen LogP contribution in [0.2, 0.25) is 0 Å². The van der Waals surface area contributed by atoms with Crippen molar-refractivity contribution in [2.24, 2.45) is 0 Å². The summed E-state index contributed by atoms with van der Waals surface area (Å²) in [4.78, 5) is 30.9. The number of thioether (sulfide) groups is 1. The Morgan fingerprint density at radius 1 is 1.07 bits per heavy atom. The van der Waals surface area contributed by atoms with Crippen LogP contribution in [0.1, 0.15) is 38.0 Å². The van der Waals surface area contributed by atoms with Crippen molar-refractivity contribution in [2.45, 2.75) is 24.1 Å². The highest BCUT2D eigenvalue weighted by molar-refractivity contribution is 7.99. The number of H-pyrrole nitrogens is 1. The van der Waals surface area contributed by atoms with Crippen molar-refractivity contribution in [1.82, 2.24) is 9.97 Å². The van der Waals surface area contributed by atoms with Crippen LogP contribution < -0.4 is 5.69 Å². The van der Waals surface area contributed by atoms with Gasteiger partial charge in [0.2, 0.25) is 0 Å². The quantitative estimate of drug-likeness (QED) is 0.411. The van der Waals surface area contributed by atoms with Gasteiger partial charge in [-0.1, -0.05) is 66.4 Å². The predicted molar refractivity (Wildman–Crippen MR) is 106 cm³/mol. The highest BCUT2D eigenvalue weighted by Gasteiger charge is 2.24. The zero-order valence-electron chi connectivity index (χ0n) is 15.4. The number of carbonyl (C=O) groups is 1. The molecule has 0 aliphatic rings. The Hall–Kier alpha value is -2.86. The zero-order chi connectivity index (χ0) is 19.4. The summed E-state index contributed by atoms with van der Waals surface area (Å²) in [5, 5.41) is 0.240. The smallest absolute Gasteiger partial charge is 0.346 e. The van der Waals surface area contributed by atoms with Crippen molar-refractivity contribution < 1.29 is 9.53 Å². The maximum atomic E-state index is 12.3. The van der Waals surface area contributed by atoms with Gasteiger partial charge in [-0.05, 0) is 30.5 Å². The van der Waals surface area contributed by atoms with E-state index < -0.39 is 11.7 Å². The Bertz CT molecular complexity index is 1020. The molecule has 0 spiro atoms. The molecule has 0 fully saturated rings. The lowest BCUT2D eigenvalue weighted by Crippen LogP contribution is -2.19.